The van der Waals surface area contributed by atoms with Crippen LogP contribution in [-0.2, 0) is 13.0 Å². The number of methoxy groups -OCH3 is 2. The molecule has 1 amide bonds. The van der Waals surface area contributed by atoms with Crippen molar-refractivity contribution in [3.05, 3.63) is 82.8 Å². The number of likely N-dealkylation sites (tertiary alicyclic amines) is 1. The van der Waals surface area contributed by atoms with E-state index >= 15 is 0 Å². The normalized spacial score (nSPS) is 15.5. The van der Waals surface area contributed by atoms with Gasteiger partial charge in [-0.25, -0.2) is 0 Å². The average Bonchev–Trinajstić information content (AvgIpc) is 3.43. The van der Waals surface area contributed by atoms with Gasteiger partial charge in [0.1, 0.15) is 11.5 Å². The first-order chi connectivity index (χ1) is 17.0. The van der Waals surface area contributed by atoms with Crippen molar-refractivity contribution in [2.45, 2.75) is 31.8 Å². The fourth-order valence-corrected chi connectivity index (χ4v) is 5.25. The summed E-state index contributed by atoms with van der Waals surface area (Å²) in [4.78, 5) is 17.4. The van der Waals surface area contributed by atoms with Crippen LogP contribution in [0.5, 0.6) is 11.5 Å². The zero-order valence-electron chi connectivity index (χ0n) is 20.6. The van der Waals surface area contributed by atoms with Crippen molar-refractivity contribution in [3.8, 4) is 11.5 Å². The molecule has 7 heteroatoms. The van der Waals surface area contributed by atoms with Gasteiger partial charge in [0.15, 0.2) is 5.76 Å². The molecule has 2 aromatic carbocycles. The number of piperidine rings is 1. The second-order valence-corrected chi connectivity index (χ2v) is 9.42. The minimum Gasteiger partial charge on any atom is -0.496 e. The Morgan fingerprint density at radius 3 is 2.34 bits per heavy atom. The highest BCUT2D eigenvalue weighted by Gasteiger charge is 2.33. The van der Waals surface area contributed by atoms with Crippen molar-refractivity contribution < 1.29 is 18.7 Å². The number of hydrogen-bond acceptors (Lipinski definition) is 5. The molecule has 1 atom stereocenters. The standard InChI is InChI=1S/C28H33ClN2O4/c1-30(28(32)27-12-7-17-35-27)24(18-21-8-4-5-9-23(21)29)20-13-15-31(16-14-20)19-22-25(33-2)10-6-11-26(22)34-3/h4-12,17,20,24H,13-16,18-19H2,1-3H3/t24-/m0/s1. The topological polar surface area (TPSA) is 55.2 Å². The van der Waals surface area contributed by atoms with Crippen LogP contribution in [0.1, 0.15) is 34.5 Å². The molecule has 0 unspecified atom stereocenters. The van der Waals surface area contributed by atoms with Crippen molar-refractivity contribution in [2.24, 2.45) is 5.92 Å². The molecule has 186 valence electrons. The summed E-state index contributed by atoms with van der Waals surface area (Å²) in [7, 11) is 5.25. The zero-order chi connectivity index (χ0) is 24.8. The zero-order valence-corrected chi connectivity index (χ0v) is 21.3. The Kier molecular flexibility index (Phi) is 8.37. The molecule has 0 saturated carbocycles. The van der Waals surface area contributed by atoms with Crippen LogP contribution in [0.4, 0.5) is 0 Å². The van der Waals surface area contributed by atoms with E-state index in [1.54, 1.807) is 26.4 Å². The van der Waals surface area contributed by atoms with Crippen molar-refractivity contribution >= 4 is 17.5 Å². The number of rotatable bonds is 9. The van der Waals surface area contributed by atoms with E-state index in [9.17, 15) is 4.79 Å². The van der Waals surface area contributed by atoms with Crippen molar-refractivity contribution in [1.29, 1.82) is 0 Å². The van der Waals surface area contributed by atoms with Gasteiger partial charge in [0.05, 0.1) is 26.0 Å². The Morgan fingerprint density at radius 2 is 1.74 bits per heavy atom. The fourth-order valence-electron chi connectivity index (χ4n) is 5.04. The van der Waals surface area contributed by atoms with Crippen LogP contribution in [0.25, 0.3) is 0 Å². The lowest BCUT2D eigenvalue weighted by molar-refractivity contribution is 0.0555. The molecule has 6 nitrogen and oxygen atoms in total. The highest BCUT2D eigenvalue weighted by Crippen LogP contribution is 2.33. The van der Waals surface area contributed by atoms with Crippen LogP contribution in [0.3, 0.4) is 0 Å². The van der Waals surface area contributed by atoms with E-state index in [2.05, 4.69) is 4.90 Å². The van der Waals surface area contributed by atoms with E-state index in [-0.39, 0.29) is 11.9 Å². The van der Waals surface area contributed by atoms with Gasteiger partial charge >= 0.3 is 0 Å². The fraction of sp³-hybridized carbons (Fsp3) is 0.393. The summed E-state index contributed by atoms with van der Waals surface area (Å²) >= 11 is 6.51. The number of nitrogens with zero attached hydrogens (tertiary/aromatic N) is 2. The molecule has 0 N–H and O–H groups in total. The summed E-state index contributed by atoms with van der Waals surface area (Å²) in [5.74, 6) is 2.27. The van der Waals surface area contributed by atoms with Gasteiger partial charge in [0.2, 0.25) is 0 Å². The first-order valence-electron chi connectivity index (χ1n) is 12.0. The van der Waals surface area contributed by atoms with Crippen LogP contribution in [0.2, 0.25) is 5.02 Å². The van der Waals surface area contributed by atoms with Gasteiger partial charge in [-0.15, -0.1) is 0 Å². The molecule has 2 heterocycles. The number of carbonyl (C=O) groups excluding carboxylic acids is 1. The summed E-state index contributed by atoms with van der Waals surface area (Å²) in [5.41, 5.74) is 2.12. The Balaban J connectivity index is 1.49. The van der Waals surface area contributed by atoms with Crippen molar-refractivity contribution in [1.82, 2.24) is 9.80 Å². The van der Waals surface area contributed by atoms with Crippen LogP contribution < -0.4 is 9.47 Å². The Morgan fingerprint density at radius 1 is 1.06 bits per heavy atom. The third-order valence-corrected chi connectivity index (χ3v) is 7.39. The molecule has 1 fully saturated rings. The van der Waals surface area contributed by atoms with Gasteiger partial charge in [0.25, 0.3) is 5.91 Å². The number of likely N-dealkylation sites (N-methyl/N-ethyl adjacent to an activating group) is 1. The van der Waals surface area contributed by atoms with Crippen LogP contribution in [0.15, 0.2) is 65.3 Å². The molecule has 1 saturated heterocycles. The Labute approximate surface area is 212 Å². The second-order valence-electron chi connectivity index (χ2n) is 9.01. The number of carbonyl (C=O) groups is 1. The third kappa shape index (κ3) is 5.82. The summed E-state index contributed by atoms with van der Waals surface area (Å²) < 4.78 is 16.6. The minimum atomic E-state index is -0.103. The van der Waals surface area contributed by atoms with Gasteiger partial charge in [0, 0.05) is 24.7 Å². The van der Waals surface area contributed by atoms with E-state index in [1.807, 2.05) is 54.4 Å². The van der Waals surface area contributed by atoms with Gasteiger partial charge in [-0.2, -0.15) is 0 Å². The lowest BCUT2D eigenvalue weighted by Gasteiger charge is -2.40. The van der Waals surface area contributed by atoms with E-state index in [1.165, 1.54) is 6.26 Å². The smallest absolute Gasteiger partial charge is 0.289 e. The summed E-state index contributed by atoms with van der Waals surface area (Å²) in [5, 5.41) is 0.733. The van der Waals surface area contributed by atoms with Gasteiger partial charge in [-0.05, 0) is 74.2 Å². The second kappa shape index (κ2) is 11.6. The lowest BCUT2D eigenvalue weighted by Crippen LogP contribution is -2.47. The number of hydrogen-bond donors (Lipinski definition) is 0. The molecule has 0 aliphatic carbocycles. The van der Waals surface area contributed by atoms with Gasteiger partial charge in [-0.1, -0.05) is 35.9 Å². The first kappa shape index (κ1) is 25.1. The summed E-state index contributed by atoms with van der Waals surface area (Å²) in [6.45, 7) is 2.61. The maximum absolute atomic E-state index is 13.2. The highest BCUT2D eigenvalue weighted by molar-refractivity contribution is 6.31. The third-order valence-electron chi connectivity index (χ3n) is 7.02. The molecule has 0 bridgehead atoms. The van der Waals surface area contributed by atoms with Crippen molar-refractivity contribution in [2.75, 3.05) is 34.4 Å². The summed E-state index contributed by atoms with van der Waals surface area (Å²) in [6.07, 6.45) is 4.19. The largest absolute Gasteiger partial charge is 0.496 e. The number of ether oxygens (including phenoxy) is 2. The van der Waals surface area contributed by atoms with Gasteiger partial charge < -0.3 is 18.8 Å². The van der Waals surface area contributed by atoms with E-state index in [0.717, 1.165) is 60.1 Å². The van der Waals surface area contributed by atoms with E-state index in [4.69, 9.17) is 25.5 Å². The molecule has 0 radical (unpaired) electrons. The first-order valence-corrected chi connectivity index (χ1v) is 12.4. The lowest BCUT2D eigenvalue weighted by atomic mass is 9.84. The molecule has 1 aromatic heterocycles. The molecule has 3 aromatic rings. The molecule has 4 rings (SSSR count). The molecule has 0 spiro atoms. The highest BCUT2D eigenvalue weighted by atomic mass is 35.5. The SMILES string of the molecule is COc1cccc(OC)c1CN1CCC([C@H](Cc2ccccc2Cl)N(C)C(=O)c2ccco2)CC1. The van der Waals surface area contributed by atoms with Crippen molar-refractivity contribution in [3.63, 3.8) is 0 Å². The van der Waals surface area contributed by atoms with Crippen LogP contribution in [-0.4, -0.2) is 56.1 Å². The summed E-state index contributed by atoms with van der Waals surface area (Å²) in [6, 6.07) is 17.2. The number of benzene rings is 2. The number of amides is 1. The minimum absolute atomic E-state index is 0.00967. The Hall–Kier alpha value is -2.96. The molecule has 35 heavy (non-hydrogen) atoms. The number of halogens is 1. The predicted octanol–water partition coefficient (Wildman–Crippen LogP) is 5.55. The maximum atomic E-state index is 13.2. The molecular formula is C28H33ClN2O4. The van der Waals surface area contributed by atoms with Crippen LogP contribution in [0, 0.1) is 5.92 Å². The Bertz CT molecular complexity index is 1090. The average molecular weight is 497 g/mol. The van der Waals surface area contributed by atoms with Crippen LogP contribution >= 0.6 is 11.6 Å². The van der Waals surface area contributed by atoms with E-state index in [0.29, 0.717) is 18.1 Å². The monoisotopic (exact) mass is 496 g/mol. The molecule has 1 aliphatic rings. The predicted molar refractivity (Wildman–Crippen MR) is 137 cm³/mol. The molecule has 1 aliphatic heterocycles. The number of furan rings is 1. The molecular weight excluding hydrogens is 464 g/mol. The van der Waals surface area contributed by atoms with Gasteiger partial charge in [-0.3, -0.25) is 9.69 Å². The quantitative estimate of drug-likeness (QED) is 0.389. The maximum Gasteiger partial charge on any atom is 0.289 e. The van der Waals surface area contributed by atoms with E-state index < -0.39 is 0 Å².